The molecule has 0 bridgehead atoms. The maximum Gasteiger partial charge on any atom is 0.271 e. The van der Waals surface area contributed by atoms with E-state index < -0.39 is 0 Å². The zero-order valence-corrected chi connectivity index (χ0v) is 23.5. The predicted octanol–water partition coefficient (Wildman–Crippen LogP) is 8.46. The summed E-state index contributed by atoms with van der Waals surface area (Å²) in [5.41, 5.74) is 4.10. The average molecular weight is 567 g/mol. The Labute approximate surface area is 243 Å². The summed E-state index contributed by atoms with van der Waals surface area (Å²) in [6.45, 7) is 4.20. The second-order valence-corrected chi connectivity index (χ2v) is 10.3. The summed E-state index contributed by atoms with van der Waals surface area (Å²) in [5.74, 6) is 1.04. The number of para-hydroxylation sites is 2. The van der Waals surface area contributed by atoms with E-state index in [9.17, 15) is 4.79 Å². The molecule has 0 atom stereocenters. The quantitative estimate of drug-likeness (QED) is 0.151. The Morgan fingerprint density at radius 1 is 0.950 bits per heavy atom. The van der Waals surface area contributed by atoms with Gasteiger partial charge < -0.3 is 9.47 Å². The summed E-state index contributed by atoms with van der Waals surface area (Å²) in [7, 11) is 1.60. The van der Waals surface area contributed by atoms with Crippen LogP contribution < -0.4 is 14.4 Å². The normalized spacial score (nSPS) is 15.1. The lowest BCUT2D eigenvalue weighted by Gasteiger charge is -2.16. The number of hydrogen-bond acceptors (Lipinski definition) is 5. The van der Waals surface area contributed by atoms with Gasteiger partial charge in [0.2, 0.25) is 0 Å². The summed E-state index contributed by atoms with van der Waals surface area (Å²) in [5, 5.41) is 1.23. The van der Waals surface area contributed by atoms with Gasteiger partial charge in [-0.1, -0.05) is 72.3 Å². The van der Waals surface area contributed by atoms with E-state index in [1.807, 2.05) is 109 Å². The van der Waals surface area contributed by atoms with Gasteiger partial charge in [0.05, 0.1) is 23.4 Å². The third-order valence-corrected chi connectivity index (χ3v) is 7.51. The fraction of sp³-hybridized carbons (Fsp3) is 0.0909. The average Bonchev–Trinajstić information content (AvgIpc) is 3.27. The Balaban J connectivity index is 1.51. The van der Waals surface area contributed by atoms with Crippen molar-refractivity contribution in [2.24, 2.45) is 4.99 Å². The van der Waals surface area contributed by atoms with E-state index in [0.717, 1.165) is 28.1 Å². The number of ether oxygens (including phenoxy) is 2. The Morgan fingerprint density at radius 3 is 2.35 bits per heavy atom. The molecule has 5 nitrogen and oxygen atoms in total. The van der Waals surface area contributed by atoms with E-state index in [1.165, 1.54) is 11.8 Å². The SMILES string of the molecule is C=CCc1cc(/C=C2/SC(=Nc3ccccc3)N(c3ccccc3)C2=O)cc(OC)c1OCc1ccccc1Cl. The Hall–Kier alpha value is -4.26. The van der Waals surface area contributed by atoms with Gasteiger partial charge in [-0.05, 0) is 72.3 Å². The molecular weight excluding hydrogens is 540 g/mol. The van der Waals surface area contributed by atoms with E-state index in [4.69, 9.17) is 26.1 Å². The van der Waals surface area contributed by atoms with Gasteiger partial charge >= 0.3 is 0 Å². The molecule has 7 heteroatoms. The Kier molecular flexibility index (Phi) is 8.69. The van der Waals surface area contributed by atoms with Crippen molar-refractivity contribution in [2.75, 3.05) is 12.0 Å². The maximum atomic E-state index is 13.7. The lowest BCUT2D eigenvalue weighted by atomic mass is 10.0. The summed E-state index contributed by atoms with van der Waals surface area (Å²) < 4.78 is 11.9. The molecule has 0 N–H and O–H groups in total. The first kappa shape index (κ1) is 27.3. The minimum Gasteiger partial charge on any atom is -0.493 e. The molecule has 0 unspecified atom stereocenters. The first-order valence-electron chi connectivity index (χ1n) is 12.7. The predicted molar refractivity (Wildman–Crippen MR) is 166 cm³/mol. The molecule has 4 aromatic rings. The number of methoxy groups -OCH3 is 1. The van der Waals surface area contributed by atoms with Crippen molar-refractivity contribution in [1.82, 2.24) is 0 Å². The van der Waals surface area contributed by atoms with Crippen molar-refractivity contribution in [3.8, 4) is 11.5 Å². The van der Waals surface area contributed by atoms with Crippen molar-refractivity contribution < 1.29 is 14.3 Å². The number of nitrogens with zero attached hydrogens (tertiary/aromatic N) is 2. The Bertz CT molecular complexity index is 1590. The summed E-state index contributed by atoms with van der Waals surface area (Å²) in [6.07, 6.45) is 4.23. The van der Waals surface area contributed by atoms with Crippen LogP contribution in [-0.2, 0) is 17.8 Å². The lowest BCUT2D eigenvalue weighted by Crippen LogP contribution is -2.28. The van der Waals surface area contributed by atoms with Crippen LogP contribution in [0.2, 0.25) is 5.02 Å². The van der Waals surface area contributed by atoms with Crippen molar-refractivity contribution in [2.45, 2.75) is 13.0 Å². The molecule has 0 radical (unpaired) electrons. The second kappa shape index (κ2) is 12.7. The third-order valence-electron chi connectivity index (χ3n) is 6.17. The van der Waals surface area contributed by atoms with Crippen LogP contribution in [0.25, 0.3) is 6.08 Å². The topological polar surface area (TPSA) is 51.1 Å². The summed E-state index contributed by atoms with van der Waals surface area (Å²) in [4.78, 5) is 20.7. The number of halogens is 1. The minimum absolute atomic E-state index is 0.144. The van der Waals surface area contributed by atoms with Crippen LogP contribution in [0.15, 0.2) is 120 Å². The molecule has 0 aliphatic carbocycles. The van der Waals surface area contributed by atoms with Gasteiger partial charge in [-0.3, -0.25) is 9.69 Å². The third kappa shape index (κ3) is 6.14. The van der Waals surface area contributed by atoms with Crippen molar-refractivity contribution in [1.29, 1.82) is 0 Å². The number of carbonyl (C=O) groups excluding carboxylic acids is 1. The molecule has 200 valence electrons. The van der Waals surface area contributed by atoms with Gasteiger partial charge in [-0.15, -0.1) is 6.58 Å². The maximum absolute atomic E-state index is 13.7. The van der Waals surface area contributed by atoms with Gasteiger partial charge in [0, 0.05) is 16.1 Å². The second-order valence-electron chi connectivity index (χ2n) is 8.90. The number of amidine groups is 1. The minimum atomic E-state index is -0.144. The number of aliphatic imine (C=N–C) groups is 1. The highest BCUT2D eigenvalue weighted by atomic mass is 35.5. The van der Waals surface area contributed by atoms with Gasteiger partial charge in [0.1, 0.15) is 6.61 Å². The molecule has 0 saturated carbocycles. The molecule has 1 amide bonds. The van der Waals surface area contributed by atoms with Gasteiger partial charge in [0.25, 0.3) is 5.91 Å². The Morgan fingerprint density at radius 2 is 1.65 bits per heavy atom. The van der Waals surface area contributed by atoms with Crippen molar-refractivity contribution >= 4 is 51.9 Å². The summed E-state index contributed by atoms with van der Waals surface area (Å²) >= 11 is 7.67. The van der Waals surface area contributed by atoms with E-state index in [2.05, 4.69) is 6.58 Å². The van der Waals surface area contributed by atoms with Crippen LogP contribution in [0, 0.1) is 0 Å². The molecule has 5 rings (SSSR count). The lowest BCUT2D eigenvalue weighted by molar-refractivity contribution is -0.113. The molecule has 1 aliphatic heterocycles. The highest BCUT2D eigenvalue weighted by Gasteiger charge is 2.34. The van der Waals surface area contributed by atoms with E-state index in [1.54, 1.807) is 12.0 Å². The number of rotatable bonds is 9. The van der Waals surface area contributed by atoms with Crippen LogP contribution in [0.1, 0.15) is 16.7 Å². The molecule has 1 saturated heterocycles. The van der Waals surface area contributed by atoms with Crippen molar-refractivity contribution in [3.63, 3.8) is 0 Å². The smallest absolute Gasteiger partial charge is 0.271 e. The molecule has 0 spiro atoms. The number of amides is 1. The monoisotopic (exact) mass is 566 g/mol. The van der Waals surface area contributed by atoms with Crippen molar-refractivity contribution in [3.05, 3.63) is 136 Å². The summed E-state index contributed by atoms with van der Waals surface area (Å²) in [6, 6.07) is 30.6. The number of anilines is 1. The van der Waals surface area contributed by atoms with Gasteiger partial charge in [-0.2, -0.15) is 0 Å². The van der Waals surface area contributed by atoms with Crippen LogP contribution >= 0.6 is 23.4 Å². The number of hydrogen-bond donors (Lipinski definition) is 0. The highest BCUT2D eigenvalue weighted by Crippen LogP contribution is 2.40. The largest absolute Gasteiger partial charge is 0.493 e. The fourth-order valence-electron chi connectivity index (χ4n) is 4.27. The number of allylic oxidation sites excluding steroid dienone is 1. The zero-order valence-electron chi connectivity index (χ0n) is 21.9. The molecule has 40 heavy (non-hydrogen) atoms. The van der Waals surface area contributed by atoms with Gasteiger partial charge in [0.15, 0.2) is 16.7 Å². The molecule has 1 fully saturated rings. The number of carbonyl (C=O) groups is 1. The first-order chi connectivity index (χ1) is 19.6. The van der Waals surface area contributed by atoms with Crippen LogP contribution in [0.4, 0.5) is 11.4 Å². The highest BCUT2D eigenvalue weighted by molar-refractivity contribution is 8.19. The van der Waals surface area contributed by atoms with Crippen LogP contribution in [0.5, 0.6) is 11.5 Å². The molecule has 0 aromatic heterocycles. The zero-order chi connectivity index (χ0) is 27.9. The first-order valence-corrected chi connectivity index (χ1v) is 13.9. The number of benzene rings is 4. The van der Waals surface area contributed by atoms with Crippen LogP contribution in [0.3, 0.4) is 0 Å². The molecule has 1 heterocycles. The molecule has 1 aliphatic rings. The fourth-order valence-corrected chi connectivity index (χ4v) is 5.46. The molecule has 4 aromatic carbocycles. The van der Waals surface area contributed by atoms with E-state index >= 15 is 0 Å². The van der Waals surface area contributed by atoms with Gasteiger partial charge in [-0.25, -0.2) is 4.99 Å². The van der Waals surface area contributed by atoms with E-state index in [-0.39, 0.29) is 5.91 Å². The van der Waals surface area contributed by atoms with E-state index in [0.29, 0.717) is 39.6 Å². The standard InChI is InChI=1S/C33H27ClN2O3S/c1-3-12-24-19-23(20-29(38-2)31(24)39-22-25-13-10-11-18-28(25)34)21-30-32(37)36(27-16-8-5-9-17-27)33(40-30)35-26-14-6-4-7-15-26/h3-11,13-21H,1,12,22H2,2H3/b30-21+,35-33?. The van der Waals surface area contributed by atoms with Crippen LogP contribution in [-0.4, -0.2) is 18.2 Å². The molecular formula is C33H27ClN2O3S. The number of thioether (sulfide) groups is 1.